The van der Waals surface area contributed by atoms with Gasteiger partial charge < -0.3 is 10.1 Å². The summed E-state index contributed by atoms with van der Waals surface area (Å²) in [7, 11) is 0. The molecule has 2 rings (SSSR count). The molecule has 0 spiro atoms. The fourth-order valence-corrected chi connectivity index (χ4v) is 2.15. The first-order valence-electron chi connectivity index (χ1n) is 7.75. The number of nitrogens with zero attached hydrogens (tertiary/aromatic N) is 2. The third kappa shape index (κ3) is 5.23. The second-order valence-corrected chi connectivity index (χ2v) is 5.15. The standard InChI is InChI=1S/C17H25N3O/c1-3-11-20-13-17(12-19-20)21-14-16-7-5-15(6-8-16)9-10-18-4-2/h5-8,12-13,18H,3-4,9-11,14H2,1-2H3. The third-order valence-electron chi connectivity index (χ3n) is 3.33. The van der Waals surface area contributed by atoms with Crippen LogP contribution in [0.15, 0.2) is 36.7 Å². The molecule has 0 radical (unpaired) electrons. The molecular formula is C17H25N3O. The Morgan fingerprint density at radius 2 is 1.90 bits per heavy atom. The topological polar surface area (TPSA) is 39.1 Å². The van der Waals surface area contributed by atoms with Crippen LogP contribution in [0.25, 0.3) is 0 Å². The van der Waals surface area contributed by atoms with Gasteiger partial charge in [-0.3, -0.25) is 4.68 Å². The van der Waals surface area contributed by atoms with E-state index < -0.39 is 0 Å². The first-order chi connectivity index (χ1) is 10.3. The molecule has 21 heavy (non-hydrogen) atoms. The Bertz CT molecular complexity index is 519. The molecule has 0 aliphatic rings. The van der Waals surface area contributed by atoms with Gasteiger partial charge in [0.1, 0.15) is 6.61 Å². The van der Waals surface area contributed by atoms with Gasteiger partial charge in [-0.2, -0.15) is 5.10 Å². The molecule has 1 aromatic carbocycles. The summed E-state index contributed by atoms with van der Waals surface area (Å²) in [4.78, 5) is 0. The fraction of sp³-hybridized carbons (Fsp3) is 0.471. The normalized spacial score (nSPS) is 10.8. The summed E-state index contributed by atoms with van der Waals surface area (Å²) in [6.45, 7) is 7.85. The number of rotatable bonds is 9. The first-order valence-corrected chi connectivity index (χ1v) is 7.75. The number of ether oxygens (including phenoxy) is 1. The van der Waals surface area contributed by atoms with E-state index in [9.17, 15) is 0 Å². The molecule has 0 bridgehead atoms. The molecule has 0 amide bonds. The lowest BCUT2D eigenvalue weighted by Gasteiger charge is -2.06. The van der Waals surface area contributed by atoms with Crippen molar-refractivity contribution in [3.05, 3.63) is 47.8 Å². The largest absolute Gasteiger partial charge is 0.486 e. The lowest BCUT2D eigenvalue weighted by molar-refractivity contribution is 0.305. The maximum absolute atomic E-state index is 5.76. The van der Waals surface area contributed by atoms with Gasteiger partial charge in [-0.25, -0.2) is 0 Å². The minimum absolute atomic E-state index is 0.589. The van der Waals surface area contributed by atoms with Crippen molar-refractivity contribution < 1.29 is 4.74 Å². The van der Waals surface area contributed by atoms with Crippen molar-refractivity contribution in [1.29, 1.82) is 0 Å². The summed E-state index contributed by atoms with van der Waals surface area (Å²) in [5.41, 5.74) is 2.54. The fourth-order valence-electron chi connectivity index (χ4n) is 2.15. The van der Waals surface area contributed by atoms with Gasteiger partial charge >= 0.3 is 0 Å². The zero-order chi connectivity index (χ0) is 14.9. The second kappa shape index (κ2) is 8.47. The van der Waals surface area contributed by atoms with Crippen molar-refractivity contribution in [3.8, 4) is 5.75 Å². The van der Waals surface area contributed by atoms with Gasteiger partial charge in [0.2, 0.25) is 0 Å². The van der Waals surface area contributed by atoms with E-state index in [-0.39, 0.29) is 0 Å². The maximum atomic E-state index is 5.76. The summed E-state index contributed by atoms with van der Waals surface area (Å²) in [6, 6.07) is 8.63. The highest BCUT2D eigenvalue weighted by molar-refractivity contribution is 5.23. The summed E-state index contributed by atoms with van der Waals surface area (Å²) in [5.74, 6) is 0.833. The predicted molar refractivity (Wildman–Crippen MR) is 85.5 cm³/mol. The van der Waals surface area contributed by atoms with Crippen LogP contribution in [-0.2, 0) is 19.6 Å². The van der Waals surface area contributed by atoms with Crippen molar-refractivity contribution in [2.24, 2.45) is 0 Å². The molecule has 114 valence electrons. The molecule has 0 aliphatic carbocycles. The van der Waals surface area contributed by atoms with E-state index in [0.29, 0.717) is 6.61 Å². The summed E-state index contributed by atoms with van der Waals surface area (Å²) >= 11 is 0. The molecule has 0 fully saturated rings. The third-order valence-corrected chi connectivity index (χ3v) is 3.33. The molecule has 2 aromatic rings. The van der Waals surface area contributed by atoms with Crippen LogP contribution in [0.4, 0.5) is 0 Å². The van der Waals surface area contributed by atoms with E-state index in [4.69, 9.17) is 4.74 Å². The maximum Gasteiger partial charge on any atom is 0.157 e. The molecule has 4 nitrogen and oxygen atoms in total. The van der Waals surface area contributed by atoms with Gasteiger partial charge in [0.15, 0.2) is 5.75 Å². The van der Waals surface area contributed by atoms with Crippen LogP contribution in [0.5, 0.6) is 5.75 Å². The van der Waals surface area contributed by atoms with Crippen molar-refractivity contribution in [3.63, 3.8) is 0 Å². The molecule has 0 atom stereocenters. The SMILES string of the molecule is CCCn1cc(OCc2ccc(CCNCC)cc2)cn1. The van der Waals surface area contributed by atoms with Crippen LogP contribution in [0.1, 0.15) is 31.4 Å². The minimum atomic E-state index is 0.589. The zero-order valence-electron chi connectivity index (χ0n) is 13.0. The highest BCUT2D eigenvalue weighted by atomic mass is 16.5. The number of aromatic nitrogens is 2. The molecule has 1 aromatic heterocycles. The van der Waals surface area contributed by atoms with Crippen molar-refractivity contribution in [1.82, 2.24) is 15.1 Å². The quantitative estimate of drug-likeness (QED) is 0.721. The molecule has 0 unspecified atom stereocenters. The Labute approximate surface area is 127 Å². The Balaban J connectivity index is 1.79. The summed E-state index contributed by atoms with van der Waals surface area (Å²) < 4.78 is 7.68. The van der Waals surface area contributed by atoms with Gasteiger partial charge in [-0.15, -0.1) is 0 Å². The lowest BCUT2D eigenvalue weighted by Crippen LogP contribution is -2.15. The Morgan fingerprint density at radius 1 is 1.14 bits per heavy atom. The van der Waals surface area contributed by atoms with Crippen molar-refractivity contribution in [2.45, 2.75) is 39.8 Å². The molecule has 0 saturated carbocycles. The number of hydrogen-bond acceptors (Lipinski definition) is 3. The first kappa shape index (κ1) is 15.6. The Hall–Kier alpha value is -1.81. The summed E-state index contributed by atoms with van der Waals surface area (Å²) in [6.07, 6.45) is 5.88. The van der Waals surface area contributed by atoms with E-state index in [0.717, 1.165) is 38.2 Å². The van der Waals surface area contributed by atoms with Gasteiger partial charge in [0.25, 0.3) is 0 Å². The average Bonchev–Trinajstić information content (AvgIpc) is 2.95. The van der Waals surface area contributed by atoms with Crippen LogP contribution in [0, 0.1) is 0 Å². The lowest BCUT2D eigenvalue weighted by atomic mass is 10.1. The zero-order valence-corrected chi connectivity index (χ0v) is 13.0. The van der Waals surface area contributed by atoms with Crippen LogP contribution in [0.2, 0.25) is 0 Å². The molecule has 4 heteroatoms. The minimum Gasteiger partial charge on any atom is -0.486 e. The number of likely N-dealkylation sites (N-methyl/N-ethyl adjacent to an activating group) is 1. The number of nitrogens with one attached hydrogen (secondary N) is 1. The highest BCUT2D eigenvalue weighted by Gasteiger charge is 2.00. The second-order valence-electron chi connectivity index (χ2n) is 5.15. The van der Waals surface area contributed by atoms with E-state index >= 15 is 0 Å². The van der Waals surface area contributed by atoms with Gasteiger partial charge in [0, 0.05) is 6.54 Å². The van der Waals surface area contributed by atoms with E-state index in [2.05, 4.69) is 48.5 Å². The monoisotopic (exact) mass is 287 g/mol. The highest BCUT2D eigenvalue weighted by Crippen LogP contribution is 2.12. The van der Waals surface area contributed by atoms with Gasteiger partial charge in [0.05, 0.1) is 12.4 Å². The Morgan fingerprint density at radius 3 is 2.62 bits per heavy atom. The molecule has 1 heterocycles. The number of aryl methyl sites for hydroxylation is 1. The van der Waals surface area contributed by atoms with Crippen LogP contribution in [0.3, 0.4) is 0 Å². The van der Waals surface area contributed by atoms with E-state index in [1.807, 2.05) is 10.9 Å². The predicted octanol–water partition coefficient (Wildman–Crippen LogP) is 3.02. The summed E-state index contributed by atoms with van der Waals surface area (Å²) in [5, 5.41) is 7.60. The molecular weight excluding hydrogens is 262 g/mol. The van der Waals surface area contributed by atoms with E-state index in [1.165, 1.54) is 11.1 Å². The molecule has 0 aliphatic heterocycles. The molecule has 0 saturated heterocycles. The van der Waals surface area contributed by atoms with Gasteiger partial charge in [-0.05, 0) is 37.1 Å². The van der Waals surface area contributed by atoms with Crippen LogP contribution < -0.4 is 10.1 Å². The van der Waals surface area contributed by atoms with E-state index in [1.54, 1.807) is 6.20 Å². The smallest absolute Gasteiger partial charge is 0.157 e. The molecule has 1 N–H and O–H groups in total. The Kier molecular flexibility index (Phi) is 6.28. The number of hydrogen-bond donors (Lipinski definition) is 1. The van der Waals surface area contributed by atoms with Crippen LogP contribution in [-0.4, -0.2) is 22.9 Å². The van der Waals surface area contributed by atoms with Crippen LogP contribution >= 0.6 is 0 Å². The number of benzene rings is 1. The average molecular weight is 287 g/mol. The van der Waals surface area contributed by atoms with Crippen molar-refractivity contribution >= 4 is 0 Å². The van der Waals surface area contributed by atoms with Gasteiger partial charge in [-0.1, -0.05) is 38.1 Å². The van der Waals surface area contributed by atoms with Crippen molar-refractivity contribution in [2.75, 3.05) is 13.1 Å².